The number of carbonyl (C=O) groups is 2. The van der Waals surface area contributed by atoms with E-state index in [0.717, 1.165) is 5.56 Å². The number of aliphatic hydroxyl groups excluding tert-OH is 1. The number of rotatable bonds is 4. The van der Waals surface area contributed by atoms with Crippen molar-refractivity contribution in [1.29, 1.82) is 0 Å². The van der Waals surface area contributed by atoms with E-state index in [9.17, 15) is 14.7 Å². The molecule has 1 aromatic rings. The lowest BCUT2D eigenvalue weighted by Crippen LogP contribution is -2.73. The molecule has 7 nitrogen and oxygen atoms in total. The normalized spacial score (nSPS) is 16.1. The molecule has 7 heteroatoms. The predicted molar refractivity (Wildman–Crippen MR) is 87.4 cm³/mol. The molecule has 0 aromatic heterocycles. The summed E-state index contributed by atoms with van der Waals surface area (Å²) in [6.07, 6.45) is -1.09. The monoisotopic (exact) mass is 336 g/mol. The molecule has 2 rings (SSSR count). The van der Waals surface area contributed by atoms with Crippen LogP contribution in [0, 0.1) is 0 Å². The Morgan fingerprint density at radius 3 is 2.42 bits per heavy atom. The Hall–Kier alpha value is -2.28. The standard InChI is InChI=1S/C17H24N2O5/c1-16(2,3)24-15(22)19-10-17(11-19,12-20)18-14(21)23-9-13-7-5-4-6-8-13/h4-8,20H,9-12H2,1-3H3,(H,18,21). The smallest absolute Gasteiger partial charge is 0.410 e. The van der Waals surface area contributed by atoms with Gasteiger partial charge in [-0.15, -0.1) is 0 Å². The van der Waals surface area contributed by atoms with Crippen LogP contribution in [0.2, 0.25) is 0 Å². The molecule has 1 saturated heterocycles. The zero-order valence-corrected chi connectivity index (χ0v) is 14.2. The van der Waals surface area contributed by atoms with Gasteiger partial charge in [-0.3, -0.25) is 0 Å². The van der Waals surface area contributed by atoms with Crippen LogP contribution < -0.4 is 5.32 Å². The van der Waals surface area contributed by atoms with Gasteiger partial charge in [0, 0.05) is 0 Å². The third kappa shape index (κ3) is 4.86. The topological polar surface area (TPSA) is 88.1 Å². The number of aliphatic hydroxyl groups is 1. The molecule has 2 amide bonds. The number of benzene rings is 1. The summed E-state index contributed by atoms with van der Waals surface area (Å²) in [6.45, 7) is 5.56. The number of carbonyl (C=O) groups excluding carboxylic acids is 2. The van der Waals surface area contributed by atoms with E-state index in [0.29, 0.717) is 0 Å². The Morgan fingerprint density at radius 1 is 1.25 bits per heavy atom. The summed E-state index contributed by atoms with van der Waals surface area (Å²) in [7, 11) is 0. The lowest BCUT2D eigenvalue weighted by molar-refractivity contribution is -0.0313. The second-order valence-corrected chi connectivity index (χ2v) is 6.96. The molecule has 24 heavy (non-hydrogen) atoms. The second kappa shape index (κ2) is 7.09. The van der Waals surface area contributed by atoms with E-state index in [1.54, 1.807) is 20.8 Å². The highest BCUT2D eigenvalue weighted by molar-refractivity contribution is 5.72. The van der Waals surface area contributed by atoms with Crippen LogP contribution in [0.25, 0.3) is 0 Å². The molecule has 0 unspecified atom stereocenters. The van der Waals surface area contributed by atoms with Crippen molar-refractivity contribution in [3.05, 3.63) is 35.9 Å². The Morgan fingerprint density at radius 2 is 1.88 bits per heavy atom. The van der Waals surface area contributed by atoms with Crippen LogP contribution in [-0.2, 0) is 16.1 Å². The SMILES string of the molecule is CC(C)(C)OC(=O)N1CC(CO)(NC(=O)OCc2ccccc2)C1. The van der Waals surface area contributed by atoms with Crippen molar-refractivity contribution >= 4 is 12.2 Å². The maximum absolute atomic E-state index is 11.9. The second-order valence-electron chi connectivity index (χ2n) is 6.96. The minimum atomic E-state index is -0.884. The van der Waals surface area contributed by atoms with E-state index in [-0.39, 0.29) is 26.3 Å². The molecule has 2 N–H and O–H groups in total. The van der Waals surface area contributed by atoms with Gasteiger partial charge in [0.05, 0.1) is 19.7 Å². The molecule has 0 spiro atoms. The molecule has 0 saturated carbocycles. The highest BCUT2D eigenvalue weighted by atomic mass is 16.6. The Kier molecular flexibility index (Phi) is 5.33. The molecule has 1 aliphatic rings. The number of nitrogens with one attached hydrogen (secondary N) is 1. The molecule has 1 fully saturated rings. The molecule has 0 radical (unpaired) electrons. The van der Waals surface area contributed by atoms with Gasteiger partial charge >= 0.3 is 12.2 Å². The third-order valence-corrected chi connectivity index (χ3v) is 3.52. The Balaban J connectivity index is 1.80. The molecule has 0 aliphatic carbocycles. The van der Waals surface area contributed by atoms with E-state index in [2.05, 4.69) is 5.32 Å². The summed E-state index contributed by atoms with van der Waals surface area (Å²) in [4.78, 5) is 25.3. The first-order chi connectivity index (χ1) is 11.2. The minimum Gasteiger partial charge on any atom is -0.445 e. The van der Waals surface area contributed by atoms with Gasteiger partial charge in [-0.2, -0.15) is 0 Å². The van der Waals surface area contributed by atoms with Crippen LogP contribution in [0.5, 0.6) is 0 Å². The zero-order valence-electron chi connectivity index (χ0n) is 14.2. The van der Waals surface area contributed by atoms with Crippen molar-refractivity contribution in [3.63, 3.8) is 0 Å². The fourth-order valence-electron chi connectivity index (χ4n) is 2.33. The van der Waals surface area contributed by atoms with Gasteiger partial charge in [0.2, 0.25) is 0 Å². The summed E-state index contributed by atoms with van der Waals surface area (Å²) in [5, 5.41) is 12.2. The van der Waals surface area contributed by atoms with Crippen molar-refractivity contribution in [3.8, 4) is 0 Å². The molecule has 1 heterocycles. The van der Waals surface area contributed by atoms with Crippen molar-refractivity contribution in [2.75, 3.05) is 19.7 Å². The fourth-order valence-corrected chi connectivity index (χ4v) is 2.33. The summed E-state index contributed by atoms with van der Waals surface area (Å²) >= 11 is 0. The van der Waals surface area contributed by atoms with E-state index in [1.165, 1.54) is 4.90 Å². The van der Waals surface area contributed by atoms with Gasteiger partial charge in [-0.05, 0) is 26.3 Å². The van der Waals surface area contributed by atoms with E-state index in [4.69, 9.17) is 9.47 Å². The average Bonchev–Trinajstić information content (AvgIpc) is 2.47. The van der Waals surface area contributed by atoms with Crippen LogP contribution in [0.1, 0.15) is 26.3 Å². The largest absolute Gasteiger partial charge is 0.445 e. The third-order valence-electron chi connectivity index (χ3n) is 3.52. The van der Waals surface area contributed by atoms with Gasteiger partial charge in [0.1, 0.15) is 17.7 Å². The maximum atomic E-state index is 11.9. The zero-order chi connectivity index (χ0) is 17.8. The number of amides is 2. The predicted octanol–water partition coefficient (Wildman–Crippen LogP) is 1.89. The van der Waals surface area contributed by atoms with Gasteiger partial charge in [0.25, 0.3) is 0 Å². The highest BCUT2D eigenvalue weighted by Crippen LogP contribution is 2.23. The summed E-state index contributed by atoms with van der Waals surface area (Å²) < 4.78 is 10.4. The lowest BCUT2D eigenvalue weighted by atomic mass is 9.91. The summed E-state index contributed by atoms with van der Waals surface area (Å²) in [5.74, 6) is 0. The average molecular weight is 336 g/mol. The van der Waals surface area contributed by atoms with Crippen LogP contribution >= 0.6 is 0 Å². The van der Waals surface area contributed by atoms with Crippen molar-refractivity contribution in [1.82, 2.24) is 10.2 Å². The maximum Gasteiger partial charge on any atom is 0.410 e. The number of alkyl carbamates (subject to hydrolysis) is 1. The van der Waals surface area contributed by atoms with Crippen molar-refractivity contribution < 1.29 is 24.2 Å². The quantitative estimate of drug-likeness (QED) is 0.877. The Bertz CT molecular complexity index is 576. The summed E-state index contributed by atoms with van der Waals surface area (Å²) in [6, 6.07) is 9.29. The molecular formula is C17H24N2O5. The molecular weight excluding hydrogens is 312 g/mol. The van der Waals surface area contributed by atoms with E-state index < -0.39 is 23.3 Å². The number of ether oxygens (including phenoxy) is 2. The van der Waals surface area contributed by atoms with Crippen LogP contribution in [0.15, 0.2) is 30.3 Å². The first kappa shape index (κ1) is 18.1. The minimum absolute atomic E-state index is 0.143. The first-order valence-electron chi connectivity index (χ1n) is 7.81. The van der Waals surface area contributed by atoms with Crippen molar-refractivity contribution in [2.24, 2.45) is 0 Å². The fraction of sp³-hybridized carbons (Fsp3) is 0.529. The van der Waals surface area contributed by atoms with Gasteiger partial charge in [0.15, 0.2) is 0 Å². The number of hydrogen-bond donors (Lipinski definition) is 2. The van der Waals surface area contributed by atoms with E-state index in [1.807, 2.05) is 30.3 Å². The number of nitrogens with zero attached hydrogens (tertiary/aromatic N) is 1. The van der Waals surface area contributed by atoms with Crippen LogP contribution in [-0.4, -0.2) is 53.0 Å². The molecule has 0 atom stereocenters. The van der Waals surface area contributed by atoms with Crippen molar-refractivity contribution in [2.45, 2.75) is 38.5 Å². The lowest BCUT2D eigenvalue weighted by Gasteiger charge is -2.48. The number of likely N-dealkylation sites (tertiary alicyclic amines) is 1. The Labute approximate surface area is 141 Å². The van der Waals surface area contributed by atoms with Gasteiger partial charge in [-0.1, -0.05) is 30.3 Å². The molecule has 1 aromatic carbocycles. The number of hydrogen-bond acceptors (Lipinski definition) is 5. The van der Waals surface area contributed by atoms with Gasteiger partial charge in [-0.25, -0.2) is 9.59 Å². The molecule has 132 valence electrons. The van der Waals surface area contributed by atoms with Crippen LogP contribution in [0.4, 0.5) is 9.59 Å². The first-order valence-corrected chi connectivity index (χ1v) is 7.81. The van der Waals surface area contributed by atoms with E-state index >= 15 is 0 Å². The highest BCUT2D eigenvalue weighted by Gasteiger charge is 2.47. The van der Waals surface area contributed by atoms with Crippen LogP contribution in [0.3, 0.4) is 0 Å². The molecule has 0 bridgehead atoms. The van der Waals surface area contributed by atoms with Gasteiger partial charge < -0.3 is 24.8 Å². The summed E-state index contributed by atoms with van der Waals surface area (Å²) in [5.41, 5.74) is -0.601. The molecule has 1 aliphatic heterocycles.